The van der Waals surface area contributed by atoms with Crippen LogP contribution in [0.25, 0.3) is 0 Å². The first-order chi connectivity index (χ1) is 8.99. The summed E-state index contributed by atoms with van der Waals surface area (Å²) in [4.78, 5) is -0.0256. The molecule has 0 saturated carbocycles. The molecule has 0 N–H and O–H groups in total. The van der Waals surface area contributed by atoms with Gasteiger partial charge in [0.05, 0.1) is 0 Å². The van der Waals surface area contributed by atoms with Gasteiger partial charge in [-0.1, -0.05) is 46.3 Å². The van der Waals surface area contributed by atoms with E-state index in [0.717, 1.165) is 5.56 Å². The van der Waals surface area contributed by atoms with Gasteiger partial charge in [0.25, 0.3) is 0 Å². The Hall–Kier alpha value is -1.22. The molecule has 2 rings (SSSR count). The van der Waals surface area contributed by atoms with Crippen molar-refractivity contribution in [2.75, 3.05) is 0 Å². The van der Waals surface area contributed by atoms with E-state index in [1.807, 2.05) is 18.2 Å². The first-order valence-corrected chi connectivity index (χ1v) is 7.04. The van der Waals surface area contributed by atoms with Crippen molar-refractivity contribution in [3.8, 4) is 0 Å². The minimum Gasteiger partial charge on any atom is -0.207 e. The lowest BCUT2D eigenvalue weighted by Crippen LogP contribution is -2.00. The zero-order valence-corrected chi connectivity index (χ0v) is 12.5. The van der Waals surface area contributed by atoms with Gasteiger partial charge in [0, 0.05) is 4.83 Å². The van der Waals surface area contributed by atoms with Crippen molar-refractivity contribution >= 4 is 15.9 Å². The van der Waals surface area contributed by atoms with Crippen LogP contribution in [0, 0.1) is 25.5 Å². The molecule has 0 aliphatic carbocycles. The van der Waals surface area contributed by atoms with Crippen molar-refractivity contribution in [1.82, 2.24) is 0 Å². The van der Waals surface area contributed by atoms with E-state index in [1.54, 1.807) is 26.0 Å². The second kappa shape index (κ2) is 5.83. The van der Waals surface area contributed by atoms with Crippen LogP contribution in [0.5, 0.6) is 0 Å². The Bertz CT molecular complexity index is 570. The van der Waals surface area contributed by atoms with E-state index in [0.29, 0.717) is 23.1 Å². The minimum absolute atomic E-state index is 0.0256. The van der Waals surface area contributed by atoms with Gasteiger partial charge in [-0.05, 0) is 48.6 Å². The van der Waals surface area contributed by atoms with E-state index in [1.165, 1.54) is 6.07 Å². The number of rotatable bonds is 3. The summed E-state index contributed by atoms with van der Waals surface area (Å²) in [5.41, 5.74) is 2.87. The summed E-state index contributed by atoms with van der Waals surface area (Å²) in [7, 11) is 0. The largest absolute Gasteiger partial charge is 0.207 e. The van der Waals surface area contributed by atoms with Gasteiger partial charge in [-0.2, -0.15) is 0 Å². The second-order valence-corrected chi connectivity index (χ2v) is 5.84. The van der Waals surface area contributed by atoms with Gasteiger partial charge in [0.2, 0.25) is 0 Å². The third-order valence-corrected chi connectivity index (χ3v) is 4.03. The molecule has 3 heteroatoms. The molecule has 0 nitrogen and oxygen atoms in total. The van der Waals surface area contributed by atoms with Crippen LogP contribution in [0.1, 0.15) is 27.1 Å². The molecule has 100 valence electrons. The quantitative estimate of drug-likeness (QED) is 0.675. The second-order valence-electron chi connectivity index (χ2n) is 4.73. The summed E-state index contributed by atoms with van der Waals surface area (Å²) < 4.78 is 27.2. The Balaban J connectivity index is 2.26. The van der Waals surface area contributed by atoms with E-state index in [9.17, 15) is 8.78 Å². The molecule has 1 unspecified atom stereocenters. The van der Waals surface area contributed by atoms with E-state index >= 15 is 0 Å². The molecule has 1 atom stereocenters. The first kappa shape index (κ1) is 14.2. The molecule has 2 aromatic carbocycles. The number of alkyl halides is 1. The fourth-order valence-corrected chi connectivity index (χ4v) is 2.75. The highest BCUT2D eigenvalue weighted by Gasteiger charge is 2.14. The molecule has 0 bridgehead atoms. The average Bonchev–Trinajstić information content (AvgIpc) is 2.38. The third-order valence-electron chi connectivity index (χ3n) is 3.18. The summed E-state index contributed by atoms with van der Waals surface area (Å²) in [6.45, 7) is 3.49. The Morgan fingerprint density at radius 1 is 1.05 bits per heavy atom. The maximum atomic E-state index is 13.6. The van der Waals surface area contributed by atoms with Gasteiger partial charge in [-0.25, -0.2) is 8.78 Å². The van der Waals surface area contributed by atoms with Crippen LogP contribution in [0.3, 0.4) is 0 Å². The highest BCUT2D eigenvalue weighted by atomic mass is 79.9. The molecule has 0 aromatic heterocycles. The number of aryl methyl sites for hydroxylation is 2. The molecule has 19 heavy (non-hydrogen) atoms. The lowest BCUT2D eigenvalue weighted by Gasteiger charge is -2.13. The lowest BCUT2D eigenvalue weighted by molar-refractivity contribution is 0.604. The highest BCUT2D eigenvalue weighted by Crippen LogP contribution is 2.30. The molecule has 0 saturated heterocycles. The zero-order valence-electron chi connectivity index (χ0n) is 10.9. The van der Waals surface area contributed by atoms with Crippen LogP contribution in [0.2, 0.25) is 0 Å². The predicted octanol–water partition coefficient (Wildman–Crippen LogP) is 5.26. The zero-order chi connectivity index (χ0) is 14.0. The molecule has 0 aliphatic heterocycles. The van der Waals surface area contributed by atoms with Crippen LogP contribution in [0.15, 0.2) is 36.4 Å². The molecular formula is C16H15BrF2. The predicted molar refractivity (Wildman–Crippen MR) is 77.6 cm³/mol. The number of hydrogen-bond acceptors (Lipinski definition) is 0. The SMILES string of the molecule is Cc1cc(C(Br)Cc2ccccc2F)cc(C)c1F. The standard InChI is InChI=1S/C16H15BrF2/c1-10-7-13(8-11(2)16(10)19)14(17)9-12-5-3-4-6-15(12)18/h3-8,14H,9H2,1-2H3. The van der Waals surface area contributed by atoms with Crippen LogP contribution in [0.4, 0.5) is 8.78 Å². The van der Waals surface area contributed by atoms with Crippen molar-refractivity contribution in [2.24, 2.45) is 0 Å². The molecule has 0 radical (unpaired) electrons. The van der Waals surface area contributed by atoms with Crippen molar-refractivity contribution in [3.05, 3.63) is 70.3 Å². The molecular weight excluding hydrogens is 310 g/mol. The third kappa shape index (κ3) is 3.21. The van der Waals surface area contributed by atoms with Gasteiger partial charge in [0.1, 0.15) is 11.6 Å². The molecule has 0 aliphatic rings. The molecule has 0 spiro atoms. The summed E-state index contributed by atoms with van der Waals surface area (Å²) >= 11 is 3.56. The van der Waals surface area contributed by atoms with E-state index in [4.69, 9.17) is 0 Å². The Morgan fingerprint density at radius 3 is 2.21 bits per heavy atom. The van der Waals surface area contributed by atoms with Gasteiger partial charge >= 0.3 is 0 Å². The van der Waals surface area contributed by atoms with Crippen LogP contribution in [-0.2, 0) is 6.42 Å². The maximum Gasteiger partial charge on any atom is 0.129 e. The maximum absolute atomic E-state index is 13.6. The minimum atomic E-state index is -0.206. The fourth-order valence-electron chi connectivity index (χ4n) is 2.14. The van der Waals surface area contributed by atoms with E-state index in [2.05, 4.69) is 15.9 Å². The topological polar surface area (TPSA) is 0 Å². The normalized spacial score (nSPS) is 12.5. The summed E-state index contributed by atoms with van der Waals surface area (Å²) in [5.74, 6) is -0.378. The molecule has 0 fully saturated rings. The van der Waals surface area contributed by atoms with Gasteiger partial charge in [-0.15, -0.1) is 0 Å². The average molecular weight is 325 g/mol. The van der Waals surface area contributed by atoms with Crippen molar-refractivity contribution in [1.29, 1.82) is 0 Å². The van der Waals surface area contributed by atoms with Gasteiger partial charge < -0.3 is 0 Å². The first-order valence-electron chi connectivity index (χ1n) is 6.13. The Kier molecular flexibility index (Phi) is 4.35. The van der Waals surface area contributed by atoms with Crippen molar-refractivity contribution < 1.29 is 8.78 Å². The number of halogens is 3. The van der Waals surface area contributed by atoms with Crippen LogP contribution >= 0.6 is 15.9 Å². The number of benzene rings is 2. The summed E-state index contributed by atoms with van der Waals surface area (Å²) in [6, 6.07) is 10.3. The highest BCUT2D eigenvalue weighted by molar-refractivity contribution is 9.09. The Labute approximate surface area is 120 Å². The van der Waals surface area contributed by atoms with Crippen molar-refractivity contribution in [2.45, 2.75) is 25.1 Å². The smallest absolute Gasteiger partial charge is 0.129 e. The van der Waals surface area contributed by atoms with Crippen LogP contribution < -0.4 is 0 Å². The molecule has 2 aromatic rings. The number of hydrogen-bond donors (Lipinski definition) is 0. The Morgan fingerprint density at radius 2 is 1.63 bits per heavy atom. The molecule has 0 amide bonds. The van der Waals surface area contributed by atoms with E-state index < -0.39 is 0 Å². The summed E-state index contributed by atoms with van der Waals surface area (Å²) in [5, 5.41) is 0. The van der Waals surface area contributed by atoms with Crippen molar-refractivity contribution in [3.63, 3.8) is 0 Å². The molecule has 0 heterocycles. The summed E-state index contributed by atoms with van der Waals surface area (Å²) in [6.07, 6.45) is 0.539. The lowest BCUT2D eigenvalue weighted by atomic mass is 10.00. The van der Waals surface area contributed by atoms with Crippen LogP contribution in [-0.4, -0.2) is 0 Å². The van der Waals surface area contributed by atoms with Gasteiger partial charge in [0.15, 0.2) is 0 Å². The van der Waals surface area contributed by atoms with Gasteiger partial charge in [-0.3, -0.25) is 0 Å². The van der Waals surface area contributed by atoms with E-state index in [-0.39, 0.29) is 16.5 Å². The fraction of sp³-hybridized carbons (Fsp3) is 0.250. The monoisotopic (exact) mass is 324 g/mol.